The molecule has 0 atom stereocenters. The summed E-state index contributed by atoms with van der Waals surface area (Å²) in [6, 6.07) is 7.55. The first-order chi connectivity index (χ1) is 8.65. The number of rotatable bonds is 4. The van der Waals surface area contributed by atoms with E-state index in [1.165, 1.54) is 11.3 Å². The minimum absolute atomic E-state index is 0.241. The Morgan fingerprint density at radius 3 is 2.56 bits per heavy atom. The molecule has 0 unspecified atom stereocenters. The van der Waals surface area contributed by atoms with Crippen LogP contribution in [-0.2, 0) is 0 Å². The molecule has 0 N–H and O–H groups in total. The summed E-state index contributed by atoms with van der Waals surface area (Å²) < 4.78 is 5.10. The highest BCUT2D eigenvalue weighted by Crippen LogP contribution is 2.32. The monoisotopic (exact) mass is 282 g/mol. The zero-order valence-corrected chi connectivity index (χ0v) is 11.5. The zero-order chi connectivity index (χ0) is 13.1. The van der Waals surface area contributed by atoms with Crippen LogP contribution in [0.5, 0.6) is 5.75 Å². The van der Waals surface area contributed by atoms with Crippen LogP contribution in [-0.4, -0.2) is 25.4 Å². The normalized spacial score (nSPS) is 10.2. The van der Waals surface area contributed by atoms with E-state index >= 15 is 0 Å². The fraction of sp³-hybridized carbons (Fsp3) is 0.167. The lowest BCUT2D eigenvalue weighted by molar-refractivity contribution is 0.112. The molecule has 4 nitrogen and oxygen atoms in total. The number of aldehydes is 1. The molecule has 0 radical (unpaired) electrons. The summed E-state index contributed by atoms with van der Waals surface area (Å²) in [7, 11) is 3.49. The minimum Gasteiger partial charge on any atom is -0.497 e. The molecule has 18 heavy (non-hydrogen) atoms. The lowest BCUT2D eigenvalue weighted by Gasteiger charge is -2.15. The molecule has 0 amide bonds. The Morgan fingerprint density at radius 2 is 2.06 bits per heavy atom. The van der Waals surface area contributed by atoms with Crippen molar-refractivity contribution in [1.82, 2.24) is 4.98 Å². The van der Waals surface area contributed by atoms with E-state index in [1.807, 2.05) is 36.2 Å². The lowest BCUT2D eigenvalue weighted by Crippen LogP contribution is -2.08. The summed E-state index contributed by atoms with van der Waals surface area (Å²) in [5, 5.41) is 0.914. The summed E-state index contributed by atoms with van der Waals surface area (Å²) in [4.78, 5) is 17.2. The zero-order valence-electron chi connectivity index (χ0n) is 9.88. The highest BCUT2D eigenvalue weighted by Gasteiger charge is 2.13. The fourth-order valence-electron chi connectivity index (χ4n) is 1.43. The molecule has 2 aromatic rings. The van der Waals surface area contributed by atoms with Gasteiger partial charge in [-0.05, 0) is 24.3 Å². The summed E-state index contributed by atoms with van der Waals surface area (Å²) in [6.07, 6.45) is 0.714. The van der Waals surface area contributed by atoms with Gasteiger partial charge in [-0.1, -0.05) is 22.9 Å². The van der Waals surface area contributed by atoms with Crippen molar-refractivity contribution in [2.24, 2.45) is 0 Å². The van der Waals surface area contributed by atoms with Gasteiger partial charge >= 0.3 is 0 Å². The van der Waals surface area contributed by atoms with Crippen LogP contribution in [0.3, 0.4) is 0 Å². The Labute approximate surface area is 114 Å². The second kappa shape index (κ2) is 5.37. The third-order valence-corrected chi connectivity index (χ3v) is 3.91. The third-order valence-electron chi connectivity index (χ3n) is 2.45. The number of carbonyl (C=O) groups excluding carboxylic acids is 1. The van der Waals surface area contributed by atoms with Gasteiger partial charge in [-0.15, -0.1) is 0 Å². The van der Waals surface area contributed by atoms with Crippen molar-refractivity contribution in [2.45, 2.75) is 0 Å². The van der Waals surface area contributed by atoms with E-state index < -0.39 is 0 Å². The van der Waals surface area contributed by atoms with E-state index in [0.29, 0.717) is 16.3 Å². The van der Waals surface area contributed by atoms with Crippen LogP contribution in [0.4, 0.5) is 10.8 Å². The maximum Gasteiger partial charge on any atom is 0.191 e. The highest BCUT2D eigenvalue weighted by atomic mass is 35.5. The fourth-order valence-corrected chi connectivity index (χ4v) is 2.48. The van der Waals surface area contributed by atoms with Crippen LogP contribution in [0.1, 0.15) is 9.67 Å². The van der Waals surface area contributed by atoms with Crippen molar-refractivity contribution in [3.63, 3.8) is 0 Å². The van der Waals surface area contributed by atoms with Gasteiger partial charge in [0, 0.05) is 12.7 Å². The smallest absolute Gasteiger partial charge is 0.191 e. The number of ether oxygens (including phenoxy) is 1. The van der Waals surface area contributed by atoms with Gasteiger partial charge in [0.2, 0.25) is 0 Å². The first kappa shape index (κ1) is 12.9. The molecule has 2 rings (SSSR count). The topological polar surface area (TPSA) is 42.4 Å². The molecule has 1 aromatic carbocycles. The molecule has 0 saturated carbocycles. The quantitative estimate of drug-likeness (QED) is 0.806. The molecule has 0 saturated heterocycles. The Morgan fingerprint density at radius 1 is 1.39 bits per heavy atom. The van der Waals surface area contributed by atoms with Crippen molar-refractivity contribution < 1.29 is 9.53 Å². The second-order valence-corrected chi connectivity index (χ2v) is 4.89. The summed E-state index contributed by atoms with van der Waals surface area (Å²) in [5.41, 5.74) is 0.943. The molecule has 94 valence electrons. The van der Waals surface area contributed by atoms with Gasteiger partial charge in [0.15, 0.2) is 16.6 Å². The van der Waals surface area contributed by atoms with E-state index in [-0.39, 0.29) is 5.15 Å². The van der Waals surface area contributed by atoms with Crippen LogP contribution in [0.2, 0.25) is 5.15 Å². The van der Waals surface area contributed by atoms with Crippen LogP contribution in [0.15, 0.2) is 24.3 Å². The number of anilines is 2. The average molecular weight is 283 g/mol. The number of benzene rings is 1. The molecule has 0 aliphatic carbocycles. The summed E-state index contributed by atoms with van der Waals surface area (Å²) in [6.45, 7) is 0. The van der Waals surface area contributed by atoms with Gasteiger partial charge in [-0.2, -0.15) is 0 Å². The largest absolute Gasteiger partial charge is 0.497 e. The third kappa shape index (κ3) is 2.47. The Bertz CT molecular complexity index is 554. The first-order valence-electron chi connectivity index (χ1n) is 5.15. The minimum atomic E-state index is 0.241. The van der Waals surface area contributed by atoms with Gasteiger partial charge in [-0.3, -0.25) is 4.79 Å². The summed E-state index contributed by atoms with van der Waals surface area (Å²) in [5.74, 6) is 0.790. The average Bonchev–Trinajstić information content (AvgIpc) is 2.79. The molecule has 6 heteroatoms. The molecule has 1 heterocycles. The van der Waals surface area contributed by atoms with Crippen LogP contribution >= 0.6 is 22.9 Å². The molecular formula is C12H11ClN2O2S. The van der Waals surface area contributed by atoms with E-state index in [2.05, 4.69) is 4.98 Å². The molecule has 1 aromatic heterocycles. The molecule has 0 bridgehead atoms. The van der Waals surface area contributed by atoms with Crippen molar-refractivity contribution in [1.29, 1.82) is 0 Å². The number of carbonyl (C=O) groups is 1. The number of methoxy groups -OCH3 is 1. The van der Waals surface area contributed by atoms with E-state index in [9.17, 15) is 4.79 Å². The van der Waals surface area contributed by atoms with Crippen LogP contribution in [0, 0.1) is 0 Å². The predicted octanol–water partition coefficient (Wildman–Crippen LogP) is 3.39. The van der Waals surface area contributed by atoms with Gasteiger partial charge < -0.3 is 9.64 Å². The van der Waals surface area contributed by atoms with Gasteiger partial charge in [0.1, 0.15) is 10.6 Å². The van der Waals surface area contributed by atoms with Crippen LogP contribution < -0.4 is 9.64 Å². The SMILES string of the molecule is COc1ccc(N(C)c2nc(Cl)c(C=O)s2)cc1. The molecule has 0 spiro atoms. The van der Waals surface area contributed by atoms with Crippen molar-refractivity contribution in [3.8, 4) is 5.75 Å². The number of aromatic nitrogens is 1. The van der Waals surface area contributed by atoms with Gasteiger partial charge in [0.25, 0.3) is 0 Å². The molecular weight excluding hydrogens is 272 g/mol. The molecule has 0 aliphatic rings. The van der Waals surface area contributed by atoms with Gasteiger partial charge in [0.05, 0.1) is 7.11 Å². The second-order valence-electron chi connectivity index (χ2n) is 3.53. The van der Waals surface area contributed by atoms with E-state index in [0.717, 1.165) is 11.4 Å². The first-order valence-corrected chi connectivity index (χ1v) is 6.34. The number of halogens is 1. The van der Waals surface area contributed by atoms with E-state index in [4.69, 9.17) is 16.3 Å². The Balaban J connectivity index is 2.28. The van der Waals surface area contributed by atoms with E-state index in [1.54, 1.807) is 7.11 Å². The van der Waals surface area contributed by atoms with Crippen molar-refractivity contribution >= 4 is 40.0 Å². The maximum atomic E-state index is 10.7. The molecule has 0 aliphatic heterocycles. The lowest BCUT2D eigenvalue weighted by atomic mass is 10.3. The predicted molar refractivity (Wildman–Crippen MR) is 73.6 cm³/mol. The standard InChI is InChI=1S/C12H11ClN2O2S/c1-15(8-3-5-9(17-2)6-4-8)12-14-11(13)10(7-16)18-12/h3-7H,1-2H3. The summed E-state index contributed by atoms with van der Waals surface area (Å²) >= 11 is 7.10. The Hall–Kier alpha value is -1.59. The number of thiazole rings is 1. The highest BCUT2D eigenvalue weighted by molar-refractivity contribution is 7.17. The van der Waals surface area contributed by atoms with Crippen molar-refractivity contribution in [3.05, 3.63) is 34.3 Å². The Kier molecular flexibility index (Phi) is 3.84. The maximum absolute atomic E-state index is 10.7. The molecule has 0 fully saturated rings. The van der Waals surface area contributed by atoms with Crippen molar-refractivity contribution in [2.75, 3.05) is 19.1 Å². The van der Waals surface area contributed by atoms with Gasteiger partial charge in [-0.25, -0.2) is 4.98 Å². The number of hydrogen-bond acceptors (Lipinski definition) is 5. The van der Waals surface area contributed by atoms with Crippen LogP contribution in [0.25, 0.3) is 0 Å². The number of hydrogen-bond donors (Lipinski definition) is 0. The number of nitrogens with zero attached hydrogens (tertiary/aromatic N) is 2.